The van der Waals surface area contributed by atoms with E-state index in [9.17, 15) is 10.1 Å². The fourth-order valence-electron chi connectivity index (χ4n) is 1.99. The summed E-state index contributed by atoms with van der Waals surface area (Å²) in [5, 5.41) is 18.3. The van der Waals surface area contributed by atoms with E-state index in [1.807, 2.05) is 13.0 Å². The number of hydrogen-bond acceptors (Lipinski definition) is 5. The van der Waals surface area contributed by atoms with Crippen molar-refractivity contribution in [3.8, 4) is 0 Å². The average Bonchev–Trinajstić information content (AvgIpc) is 2.85. The molecule has 20 heavy (non-hydrogen) atoms. The molecule has 2 rings (SSSR count). The number of nitrogens with one attached hydrogen (secondary N) is 1. The molecule has 0 aliphatic rings. The summed E-state index contributed by atoms with van der Waals surface area (Å²) in [6.07, 6.45) is 1.50. The van der Waals surface area contributed by atoms with Crippen molar-refractivity contribution in [2.24, 2.45) is 0 Å². The summed E-state index contributed by atoms with van der Waals surface area (Å²) in [4.78, 5) is 14.8. The smallest absolute Gasteiger partial charge is 0.272 e. The number of rotatable bonds is 6. The molecule has 1 N–H and O–H groups in total. The number of nitro groups is 1. The molecule has 0 fully saturated rings. The molecule has 0 aliphatic carbocycles. The Labute approximate surface area is 116 Å². The molecule has 0 amide bonds. The summed E-state index contributed by atoms with van der Waals surface area (Å²) < 4.78 is 1.76. The van der Waals surface area contributed by atoms with Gasteiger partial charge >= 0.3 is 0 Å². The van der Waals surface area contributed by atoms with Gasteiger partial charge in [0.05, 0.1) is 18.0 Å². The van der Waals surface area contributed by atoms with E-state index < -0.39 is 0 Å². The van der Waals surface area contributed by atoms with Crippen LogP contribution in [0.2, 0.25) is 0 Å². The molecule has 0 spiro atoms. The molecule has 0 saturated carbocycles. The number of aromatic nitrogens is 3. The summed E-state index contributed by atoms with van der Waals surface area (Å²) in [5.74, 6) is 0.817. The molecule has 0 saturated heterocycles. The lowest BCUT2D eigenvalue weighted by molar-refractivity contribution is -0.385. The fraction of sp³-hybridized carbons (Fsp3) is 0.385. The van der Waals surface area contributed by atoms with E-state index in [1.54, 1.807) is 17.7 Å². The highest BCUT2D eigenvalue weighted by Gasteiger charge is 2.14. The Balaban J connectivity index is 2.24. The molecule has 7 heteroatoms. The van der Waals surface area contributed by atoms with Gasteiger partial charge in [-0.15, -0.1) is 0 Å². The molecule has 7 nitrogen and oxygen atoms in total. The van der Waals surface area contributed by atoms with Crippen molar-refractivity contribution in [1.29, 1.82) is 0 Å². The number of nitro benzene ring substituents is 1. The zero-order valence-electron chi connectivity index (χ0n) is 11.5. The van der Waals surface area contributed by atoms with Crippen LogP contribution in [0, 0.1) is 17.0 Å². The molecule has 1 heterocycles. The summed E-state index contributed by atoms with van der Waals surface area (Å²) in [5.41, 5.74) is 1.68. The molecule has 0 atom stereocenters. The average molecular weight is 275 g/mol. The predicted molar refractivity (Wildman–Crippen MR) is 74.3 cm³/mol. The zero-order valence-corrected chi connectivity index (χ0v) is 11.5. The van der Waals surface area contributed by atoms with E-state index in [-0.39, 0.29) is 10.6 Å². The largest absolute Gasteiger partial charge is 0.310 e. The molecular formula is C13H17N5O2. The molecule has 0 bridgehead atoms. The van der Waals surface area contributed by atoms with Gasteiger partial charge in [0.15, 0.2) is 0 Å². The second kappa shape index (κ2) is 6.25. The van der Waals surface area contributed by atoms with Gasteiger partial charge in [-0.1, -0.05) is 19.1 Å². The minimum absolute atomic E-state index is 0.135. The Morgan fingerprint density at radius 2 is 2.25 bits per heavy atom. The normalized spacial score (nSPS) is 10.7. The molecule has 106 valence electrons. The van der Waals surface area contributed by atoms with Gasteiger partial charge in [-0.3, -0.25) is 10.1 Å². The Morgan fingerprint density at radius 3 is 2.95 bits per heavy atom. The van der Waals surface area contributed by atoms with Crippen molar-refractivity contribution in [1.82, 2.24) is 20.1 Å². The van der Waals surface area contributed by atoms with Crippen LogP contribution in [-0.2, 0) is 13.1 Å². The van der Waals surface area contributed by atoms with Gasteiger partial charge < -0.3 is 5.32 Å². The van der Waals surface area contributed by atoms with E-state index >= 15 is 0 Å². The monoisotopic (exact) mass is 275 g/mol. The van der Waals surface area contributed by atoms with Gasteiger partial charge in [0.2, 0.25) is 0 Å². The van der Waals surface area contributed by atoms with Gasteiger partial charge in [0.1, 0.15) is 12.2 Å². The van der Waals surface area contributed by atoms with Crippen LogP contribution in [0.3, 0.4) is 0 Å². The van der Waals surface area contributed by atoms with Crippen LogP contribution in [-0.4, -0.2) is 26.2 Å². The lowest BCUT2D eigenvalue weighted by atomic mass is 10.1. The van der Waals surface area contributed by atoms with E-state index in [1.165, 1.54) is 12.4 Å². The van der Waals surface area contributed by atoms with Crippen LogP contribution in [0.4, 0.5) is 5.69 Å². The summed E-state index contributed by atoms with van der Waals surface area (Å²) >= 11 is 0. The van der Waals surface area contributed by atoms with Gasteiger partial charge in [0.25, 0.3) is 5.69 Å². The lowest BCUT2D eigenvalue weighted by Crippen LogP contribution is -2.17. The van der Waals surface area contributed by atoms with Crippen molar-refractivity contribution in [3.63, 3.8) is 0 Å². The third kappa shape index (κ3) is 3.00. The quantitative estimate of drug-likeness (QED) is 0.640. The van der Waals surface area contributed by atoms with E-state index in [0.29, 0.717) is 18.7 Å². The van der Waals surface area contributed by atoms with Gasteiger partial charge in [-0.05, 0) is 19.0 Å². The minimum atomic E-state index is -0.361. The van der Waals surface area contributed by atoms with Crippen LogP contribution >= 0.6 is 0 Å². The fourth-order valence-corrected chi connectivity index (χ4v) is 1.99. The van der Waals surface area contributed by atoms with Crippen LogP contribution < -0.4 is 5.32 Å². The molecule has 1 aromatic heterocycles. The second-order valence-electron chi connectivity index (χ2n) is 4.43. The van der Waals surface area contributed by atoms with Crippen molar-refractivity contribution in [2.45, 2.75) is 26.9 Å². The SMILES string of the molecule is CCNCc1ncnn1Cc1cccc([N+](=O)[O-])c1C. The van der Waals surface area contributed by atoms with E-state index in [4.69, 9.17) is 0 Å². The van der Waals surface area contributed by atoms with Crippen molar-refractivity contribution >= 4 is 5.69 Å². The first-order valence-corrected chi connectivity index (χ1v) is 6.43. The summed E-state index contributed by atoms with van der Waals surface area (Å²) in [6, 6.07) is 5.09. The number of hydrogen-bond donors (Lipinski definition) is 1. The van der Waals surface area contributed by atoms with Crippen LogP contribution in [0.15, 0.2) is 24.5 Å². The van der Waals surface area contributed by atoms with Gasteiger partial charge in [0, 0.05) is 11.6 Å². The molecule has 1 aromatic carbocycles. The molecule has 0 radical (unpaired) electrons. The summed E-state index contributed by atoms with van der Waals surface area (Å²) in [7, 11) is 0. The van der Waals surface area contributed by atoms with Crippen LogP contribution in [0.5, 0.6) is 0 Å². The zero-order chi connectivity index (χ0) is 14.5. The van der Waals surface area contributed by atoms with Gasteiger partial charge in [-0.25, -0.2) is 9.67 Å². The minimum Gasteiger partial charge on any atom is -0.310 e. The Bertz CT molecular complexity index is 609. The van der Waals surface area contributed by atoms with Crippen molar-refractivity contribution in [2.75, 3.05) is 6.54 Å². The maximum absolute atomic E-state index is 10.9. The first kappa shape index (κ1) is 14.1. The van der Waals surface area contributed by atoms with Crippen molar-refractivity contribution in [3.05, 3.63) is 51.6 Å². The molecule has 0 aliphatic heterocycles. The maximum atomic E-state index is 10.9. The maximum Gasteiger partial charge on any atom is 0.272 e. The Morgan fingerprint density at radius 1 is 1.45 bits per heavy atom. The van der Waals surface area contributed by atoms with E-state index in [2.05, 4.69) is 15.4 Å². The van der Waals surface area contributed by atoms with Crippen molar-refractivity contribution < 1.29 is 4.92 Å². The highest BCUT2D eigenvalue weighted by Crippen LogP contribution is 2.21. The number of nitrogens with zero attached hydrogens (tertiary/aromatic N) is 4. The second-order valence-corrected chi connectivity index (χ2v) is 4.43. The first-order valence-electron chi connectivity index (χ1n) is 6.43. The Hall–Kier alpha value is -2.28. The highest BCUT2D eigenvalue weighted by atomic mass is 16.6. The first-order chi connectivity index (χ1) is 9.63. The summed E-state index contributed by atoms with van der Waals surface area (Å²) in [6.45, 7) is 5.74. The third-order valence-electron chi connectivity index (χ3n) is 3.16. The highest BCUT2D eigenvalue weighted by molar-refractivity contribution is 5.44. The molecular weight excluding hydrogens is 258 g/mol. The standard InChI is InChI=1S/C13H17N5O2/c1-3-14-7-13-15-9-16-17(13)8-11-5-4-6-12(10(11)2)18(19)20/h4-6,9,14H,3,7-8H2,1-2H3. The van der Waals surface area contributed by atoms with E-state index in [0.717, 1.165) is 17.9 Å². The van der Waals surface area contributed by atoms with Gasteiger partial charge in [-0.2, -0.15) is 5.10 Å². The topological polar surface area (TPSA) is 85.9 Å². The Kier molecular flexibility index (Phi) is 4.41. The molecule has 2 aromatic rings. The predicted octanol–water partition coefficient (Wildman–Crippen LogP) is 1.65. The van der Waals surface area contributed by atoms with Crippen LogP contribution in [0.25, 0.3) is 0 Å². The third-order valence-corrected chi connectivity index (χ3v) is 3.16. The lowest BCUT2D eigenvalue weighted by Gasteiger charge is -2.09. The van der Waals surface area contributed by atoms with Crippen LogP contribution in [0.1, 0.15) is 23.9 Å². The molecule has 0 unspecified atom stereocenters. The number of benzene rings is 1.